The minimum atomic E-state index is 0. The molecule has 0 atom stereocenters. The predicted molar refractivity (Wildman–Crippen MR) is 102 cm³/mol. The molecule has 1 N–H and O–H groups in total. The maximum absolute atomic E-state index is 4.44. The van der Waals surface area contributed by atoms with Crippen LogP contribution in [0.15, 0.2) is 4.99 Å². The van der Waals surface area contributed by atoms with Crippen LogP contribution in [-0.4, -0.2) is 62.1 Å². The van der Waals surface area contributed by atoms with E-state index >= 15 is 0 Å². The molecule has 0 radical (unpaired) electrons. The van der Waals surface area contributed by atoms with Crippen molar-refractivity contribution in [2.24, 2.45) is 16.3 Å². The molecule has 2 saturated heterocycles. The number of guanidine groups is 1. The first-order valence-electron chi connectivity index (χ1n) is 8.18. The normalized spacial score (nSPS) is 24.0. The minimum Gasteiger partial charge on any atom is -0.355 e. The Bertz CT molecular complexity index is 335. The second kappa shape index (κ2) is 8.56. The Kier molecular flexibility index (Phi) is 7.74. The lowest BCUT2D eigenvalue weighted by Gasteiger charge is -2.31. The van der Waals surface area contributed by atoms with Crippen LogP contribution in [0.3, 0.4) is 0 Å². The smallest absolute Gasteiger partial charge is 0.193 e. The highest BCUT2D eigenvalue weighted by molar-refractivity contribution is 14.0. The second-order valence-corrected chi connectivity index (χ2v) is 7.33. The highest BCUT2D eigenvalue weighted by Gasteiger charge is 2.30. The maximum atomic E-state index is 4.44. The molecule has 2 heterocycles. The zero-order valence-electron chi connectivity index (χ0n) is 14.2. The van der Waals surface area contributed by atoms with Crippen molar-refractivity contribution in [2.75, 3.05) is 46.3 Å². The summed E-state index contributed by atoms with van der Waals surface area (Å²) in [4.78, 5) is 9.42. The van der Waals surface area contributed by atoms with Gasteiger partial charge in [0.25, 0.3) is 0 Å². The quantitative estimate of drug-likeness (QED) is 0.443. The van der Waals surface area contributed by atoms with E-state index in [0.717, 1.165) is 38.1 Å². The van der Waals surface area contributed by atoms with E-state index < -0.39 is 0 Å². The molecule has 2 fully saturated rings. The fourth-order valence-electron chi connectivity index (χ4n) is 3.24. The molecule has 5 heteroatoms. The molecule has 0 amide bonds. The Balaban J connectivity index is 0.00000220. The molecule has 4 nitrogen and oxygen atoms in total. The summed E-state index contributed by atoms with van der Waals surface area (Å²) in [5, 5.41) is 3.54. The van der Waals surface area contributed by atoms with Gasteiger partial charge in [0.1, 0.15) is 0 Å². The van der Waals surface area contributed by atoms with Crippen molar-refractivity contribution in [2.45, 2.75) is 40.0 Å². The largest absolute Gasteiger partial charge is 0.355 e. The highest BCUT2D eigenvalue weighted by atomic mass is 127. The first kappa shape index (κ1) is 19.0. The number of rotatable bonds is 3. The fraction of sp³-hybridized carbons (Fsp3) is 0.938. The summed E-state index contributed by atoms with van der Waals surface area (Å²) in [7, 11) is 1.90. The number of piperidine rings is 1. The van der Waals surface area contributed by atoms with E-state index in [1.165, 1.54) is 32.4 Å². The Morgan fingerprint density at radius 1 is 1.24 bits per heavy atom. The zero-order chi connectivity index (χ0) is 14.6. The van der Waals surface area contributed by atoms with Crippen molar-refractivity contribution in [3.8, 4) is 0 Å². The van der Waals surface area contributed by atoms with E-state index in [1.807, 2.05) is 7.05 Å². The van der Waals surface area contributed by atoms with E-state index in [4.69, 9.17) is 0 Å². The van der Waals surface area contributed by atoms with Gasteiger partial charge >= 0.3 is 0 Å². The topological polar surface area (TPSA) is 30.9 Å². The number of nitrogens with one attached hydrogen (secondary N) is 1. The summed E-state index contributed by atoms with van der Waals surface area (Å²) in [5.41, 5.74) is 0.431. The summed E-state index contributed by atoms with van der Waals surface area (Å²) in [6.07, 6.45) is 3.97. The molecule has 0 aromatic carbocycles. The standard InChI is InChI=1S/C16H32N4.HI/c1-14-5-9-19(10-6-14)12-8-18-15(17-4)20-11-7-16(2,3)13-20;/h14H,5-13H2,1-4H3,(H,17,18);1H. The van der Waals surface area contributed by atoms with Gasteiger partial charge in [-0.1, -0.05) is 20.8 Å². The monoisotopic (exact) mass is 408 g/mol. The lowest BCUT2D eigenvalue weighted by atomic mass is 9.93. The summed E-state index contributed by atoms with van der Waals surface area (Å²) in [5.74, 6) is 2.00. The van der Waals surface area contributed by atoms with Gasteiger partial charge in [-0.25, -0.2) is 0 Å². The van der Waals surface area contributed by atoms with Crippen LogP contribution < -0.4 is 5.32 Å². The molecule has 0 aromatic rings. The van der Waals surface area contributed by atoms with Crippen LogP contribution in [0.4, 0.5) is 0 Å². The summed E-state index contributed by atoms with van der Waals surface area (Å²) >= 11 is 0. The van der Waals surface area contributed by atoms with Gasteiger partial charge in [0.05, 0.1) is 0 Å². The zero-order valence-corrected chi connectivity index (χ0v) is 16.5. The van der Waals surface area contributed by atoms with Crippen LogP contribution in [0, 0.1) is 11.3 Å². The van der Waals surface area contributed by atoms with Crippen LogP contribution in [-0.2, 0) is 0 Å². The van der Waals surface area contributed by atoms with Crippen molar-refractivity contribution in [3.63, 3.8) is 0 Å². The molecule has 0 saturated carbocycles. The van der Waals surface area contributed by atoms with Gasteiger partial charge in [-0.15, -0.1) is 24.0 Å². The minimum absolute atomic E-state index is 0. The molecule has 2 aliphatic rings. The van der Waals surface area contributed by atoms with Crippen molar-refractivity contribution < 1.29 is 0 Å². The fourth-order valence-corrected chi connectivity index (χ4v) is 3.24. The summed E-state index contributed by atoms with van der Waals surface area (Å²) < 4.78 is 0. The van der Waals surface area contributed by atoms with Crippen LogP contribution >= 0.6 is 24.0 Å². The molecule has 2 aliphatic heterocycles. The van der Waals surface area contributed by atoms with Crippen molar-refractivity contribution in [1.29, 1.82) is 0 Å². The van der Waals surface area contributed by atoms with Gasteiger partial charge in [0, 0.05) is 33.2 Å². The SMILES string of the molecule is CN=C(NCCN1CCC(C)CC1)N1CCC(C)(C)C1.I. The van der Waals surface area contributed by atoms with E-state index in [1.54, 1.807) is 0 Å². The first-order chi connectivity index (χ1) is 9.50. The molecule has 0 bridgehead atoms. The van der Waals surface area contributed by atoms with Gasteiger partial charge in [-0.2, -0.15) is 0 Å². The lowest BCUT2D eigenvalue weighted by molar-refractivity contribution is 0.195. The van der Waals surface area contributed by atoms with Crippen LogP contribution in [0.25, 0.3) is 0 Å². The molecule has 21 heavy (non-hydrogen) atoms. The van der Waals surface area contributed by atoms with Crippen molar-refractivity contribution in [1.82, 2.24) is 15.1 Å². The van der Waals surface area contributed by atoms with E-state index in [0.29, 0.717) is 5.41 Å². The number of nitrogens with zero attached hydrogens (tertiary/aromatic N) is 3. The van der Waals surface area contributed by atoms with E-state index in [-0.39, 0.29) is 24.0 Å². The number of aliphatic imine (C=N–C) groups is 1. The van der Waals surface area contributed by atoms with Crippen LogP contribution in [0.1, 0.15) is 40.0 Å². The Morgan fingerprint density at radius 3 is 2.43 bits per heavy atom. The molecule has 124 valence electrons. The molecule has 0 aromatic heterocycles. The van der Waals surface area contributed by atoms with Crippen molar-refractivity contribution in [3.05, 3.63) is 0 Å². The van der Waals surface area contributed by atoms with Gasteiger partial charge in [0.2, 0.25) is 0 Å². The van der Waals surface area contributed by atoms with E-state index in [9.17, 15) is 0 Å². The third-order valence-corrected chi connectivity index (χ3v) is 4.78. The van der Waals surface area contributed by atoms with E-state index in [2.05, 4.69) is 40.9 Å². The Labute approximate surface area is 147 Å². The number of likely N-dealkylation sites (tertiary alicyclic amines) is 2. The van der Waals surface area contributed by atoms with Crippen molar-refractivity contribution >= 4 is 29.9 Å². The van der Waals surface area contributed by atoms with Crippen LogP contribution in [0.5, 0.6) is 0 Å². The number of halogens is 1. The first-order valence-corrected chi connectivity index (χ1v) is 8.18. The average Bonchev–Trinajstić information content (AvgIpc) is 2.77. The number of hydrogen-bond donors (Lipinski definition) is 1. The molecule has 0 spiro atoms. The third-order valence-electron chi connectivity index (χ3n) is 4.78. The maximum Gasteiger partial charge on any atom is 0.193 e. The molecular weight excluding hydrogens is 375 g/mol. The average molecular weight is 408 g/mol. The Morgan fingerprint density at radius 2 is 1.90 bits per heavy atom. The molecule has 0 unspecified atom stereocenters. The lowest BCUT2D eigenvalue weighted by Crippen LogP contribution is -2.44. The Hall–Kier alpha value is -0.0400. The van der Waals surface area contributed by atoms with Crippen LogP contribution in [0.2, 0.25) is 0 Å². The highest BCUT2D eigenvalue weighted by Crippen LogP contribution is 2.28. The van der Waals surface area contributed by atoms with Gasteiger partial charge in [-0.3, -0.25) is 4.99 Å². The summed E-state index contributed by atoms with van der Waals surface area (Å²) in [6.45, 7) is 14.0. The van der Waals surface area contributed by atoms with Gasteiger partial charge < -0.3 is 15.1 Å². The molecule has 2 rings (SSSR count). The summed E-state index contributed by atoms with van der Waals surface area (Å²) in [6, 6.07) is 0. The van der Waals surface area contributed by atoms with Gasteiger partial charge in [0.15, 0.2) is 5.96 Å². The molecular formula is C16H33IN4. The molecule has 0 aliphatic carbocycles. The number of hydrogen-bond acceptors (Lipinski definition) is 2. The second-order valence-electron chi connectivity index (χ2n) is 7.33. The van der Waals surface area contributed by atoms with Gasteiger partial charge in [-0.05, 0) is 43.7 Å². The predicted octanol–water partition coefficient (Wildman–Crippen LogP) is 2.64. The third kappa shape index (κ3) is 5.93.